The Morgan fingerprint density at radius 2 is 0.560 bits per heavy atom. The molecule has 0 aromatic heterocycles. The highest BCUT2D eigenvalue weighted by molar-refractivity contribution is 5.97. The van der Waals surface area contributed by atoms with Gasteiger partial charge in [0.25, 0.3) is 0 Å². The molecule has 18 heteroatoms. The van der Waals surface area contributed by atoms with Crippen LogP contribution in [0.2, 0.25) is 0 Å². The number of hydrogen-bond donors (Lipinski definition) is 3. The van der Waals surface area contributed by atoms with Gasteiger partial charge in [0.15, 0.2) is 0 Å². The van der Waals surface area contributed by atoms with Crippen molar-refractivity contribution in [3.05, 3.63) is 180 Å². The molecule has 0 bridgehead atoms. The smallest absolute Gasteiger partial charge is 0.224 e. The molecule has 0 aliphatic carbocycles. The van der Waals surface area contributed by atoms with E-state index in [9.17, 15) is 14.4 Å². The molecule has 0 heterocycles. The highest BCUT2D eigenvalue weighted by Gasteiger charge is 2.12. The van der Waals surface area contributed by atoms with Crippen molar-refractivity contribution in [2.45, 2.75) is 38.5 Å². The summed E-state index contributed by atoms with van der Waals surface area (Å²) in [7, 11) is 0. The monoisotopic (exact) mass is 996 g/mol. The summed E-state index contributed by atoms with van der Waals surface area (Å²) in [6.07, 6.45) is 1.60. The van der Waals surface area contributed by atoms with E-state index in [4.69, 9.17) is 30.0 Å². The number of benzene rings is 7. The Labute approximate surface area is 432 Å². The normalized spacial score (nSPS) is 10.8. The first-order valence-corrected chi connectivity index (χ1v) is 23.7. The summed E-state index contributed by atoms with van der Waals surface area (Å²) in [6, 6.07) is 52.4. The van der Waals surface area contributed by atoms with Gasteiger partial charge in [-0.3, -0.25) is 14.4 Å². The van der Waals surface area contributed by atoms with Gasteiger partial charge in [-0.25, -0.2) is 0 Å². The van der Waals surface area contributed by atoms with Crippen LogP contribution in [0, 0.1) is 34.0 Å². The Hall–Kier alpha value is -10.4. The lowest BCUT2D eigenvalue weighted by Gasteiger charge is -2.14. The van der Waals surface area contributed by atoms with Crippen LogP contribution in [0.4, 0.5) is 51.2 Å². The van der Waals surface area contributed by atoms with Gasteiger partial charge < -0.3 is 30.2 Å². The molecule has 7 aromatic rings. The van der Waals surface area contributed by atoms with Gasteiger partial charge in [-0.15, -0.1) is 0 Å². The van der Waals surface area contributed by atoms with Gasteiger partial charge in [0.05, 0.1) is 88.8 Å². The molecule has 372 valence electrons. The summed E-state index contributed by atoms with van der Waals surface area (Å²) in [6.45, 7) is 0.795. The lowest BCUT2D eigenvalue weighted by molar-refractivity contribution is -0.117. The Kier molecular flexibility index (Phi) is 19.5. The van der Waals surface area contributed by atoms with E-state index < -0.39 is 0 Å². The molecule has 7 aromatic carbocycles. The van der Waals surface area contributed by atoms with E-state index in [2.05, 4.69) is 64.8 Å². The highest BCUT2D eigenvalue weighted by Crippen LogP contribution is 2.27. The van der Waals surface area contributed by atoms with E-state index >= 15 is 0 Å². The van der Waals surface area contributed by atoms with Gasteiger partial charge in [-0.2, -0.15) is 46.5 Å². The molecule has 0 fully saturated rings. The molecule has 0 saturated carbocycles. The van der Waals surface area contributed by atoms with Crippen molar-refractivity contribution in [1.29, 1.82) is 15.8 Å². The van der Waals surface area contributed by atoms with Crippen LogP contribution >= 0.6 is 0 Å². The van der Waals surface area contributed by atoms with Crippen molar-refractivity contribution in [2.75, 3.05) is 35.8 Å². The van der Waals surface area contributed by atoms with Crippen molar-refractivity contribution >= 4 is 68.9 Å². The Balaban J connectivity index is 0.880. The van der Waals surface area contributed by atoms with Crippen LogP contribution in [-0.2, 0) is 14.4 Å². The molecule has 3 N–H and O–H groups in total. The maximum atomic E-state index is 13.2. The van der Waals surface area contributed by atoms with E-state index in [-0.39, 0.29) is 56.8 Å². The van der Waals surface area contributed by atoms with Gasteiger partial charge in [0, 0.05) is 36.3 Å². The zero-order valence-electron chi connectivity index (χ0n) is 40.4. The van der Waals surface area contributed by atoms with Crippen molar-refractivity contribution in [3.63, 3.8) is 0 Å². The van der Waals surface area contributed by atoms with Gasteiger partial charge in [-0.05, 0) is 183 Å². The third kappa shape index (κ3) is 18.1. The van der Waals surface area contributed by atoms with Crippen LogP contribution in [0.3, 0.4) is 0 Å². The van der Waals surface area contributed by atoms with Crippen LogP contribution < -0.4 is 30.2 Å². The van der Waals surface area contributed by atoms with Crippen molar-refractivity contribution < 1.29 is 28.6 Å². The number of nitrogens with one attached hydrogen (secondary N) is 3. The number of nitriles is 3. The number of rotatable bonds is 24. The third-order valence-electron chi connectivity index (χ3n) is 10.6. The minimum absolute atomic E-state index is 0.131. The second kappa shape index (κ2) is 27.9. The summed E-state index contributed by atoms with van der Waals surface area (Å²) in [5, 5.41) is 60.8. The van der Waals surface area contributed by atoms with E-state index in [1.807, 2.05) is 0 Å². The zero-order valence-corrected chi connectivity index (χ0v) is 40.4. The van der Waals surface area contributed by atoms with Gasteiger partial charge in [0.1, 0.15) is 17.2 Å². The van der Waals surface area contributed by atoms with E-state index in [0.29, 0.717) is 104 Å². The molecule has 7 rings (SSSR count). The predicted octanol–water partition coefficient (Wildman–Crippen LogP) is 13.9. The molecule has 0 spiro atoms. The lowest BCUT2D eigenvalue weighted by atomic mass is 10.2. The summed E-state index contributed by atoms with van der Waals surface area (Å²) in [5.41, 5.74) is 6.42. The number of carbonyl (C=O) groups excluding carboxylic acids is 3. The number of nitrogens with zero attached hydrogens (tertiary/aromatic N) is 9. The Morgan fingerprint density at radius 1 is 0.347 bits per heavy atom. The summed E-state index contributed by atoms with van der Waals surface area (Å²) < 4.78 is 17.5. The van der Waals surface area contributed by atoms with E-state index in [1.165, 1.54) is 0 Å². The molecule has 0 radical (unpaired) electrons. The summed E-state index contributed by atoms with van der Waals surface area (Å²) >= 11 is 0. The summed E-state index contributed by atoms with van der Waals surface area (Å²) in [5.74, 6) is 0.908. The molecule has 3 amide bonds. The first-order chi connectivity index (χ1) is 36.7. The minimum Gasteiger partial charge on any atom is -0.494 e. The topological polar surface area (TPSA) is 261 Å². The highest BCUT2D eigenvalue weighted by atomic mass is 16.5. The number of ether oxygens (including phenoxy) is 3. The average Bonchev–Trinajstić information content (AvgIpc) is 3.44. The largest absolute Gasteiger partial charge is 0.494 e. The Morgan fingerprint density at radius 3 is 0.773 bits per heavy atom. The minimum atomic E-state index is -0.294. The maximum absolute atomic E-state index is 13.2. The fraction of sp³-hybridized carbons (Fsp3) is 0.158. The number of carbonyl (C=O) groups is 3. The van der Waals surface area contributed by atoms with E-state index in [0.717, 1.165) is 0 Å². The molecule has 75 heavy (non-hydrogen) atoms. The number of anilines is 3. The third-order valence-corrected chi connectivity index (χ3v) is 10.6. The average molecular weight is 997 g/mol. The number of hydrogen-bond acceptors (Lipinski definition) is 15. The van der Waals surface area contributed by atoms with E-state index in [1.54, 1.807) is 164 Å². The molecule has 0 unspecified atom stereocenters. The molecule has 0 atom stereocenters. The van der Waals surface area contributed by atoms with Crippen molar-refractivity contribution in [3.8, 4) is 35.5 Å². The van der Waals surface area contributed by atoms with Crippen LogP contribution in [-0.4, -0.2) is 37.5 Å². The maximum Gasteiger partial charge on any atom is 0.224 e. The predicted molar refractivity (Wildman–Crippen MR) is 282 cm³/mol. The van der Waals surface area contributed by atoms with Gasteiger partial charge in [0.2, 0.25) is 17.7 Å². The Bertz CT molecular complexity index is 2890. The van der Waals surface area contributed by atoms with Crippen LogP contribution in [0.25, 0.3) is 0 Å². The fourth-order valence-electron chi connectivity index (χ4n) is 6.76. The van der Waals surface area contributed by atoms with Gasteiger partial charge in [-0.1, -0.05) is 0 Å². The molecule has 0 aliphatic heterocycles. The van der Waals surface area contributed by atoms with Crippen molar-refractivity contribution in [1.82, 2.24) is 0 Å². The summed E-state index contributed by atoms with van der Waals surface area (Å²) in [4.78, 5) is 39.5. The SMILES string of the molecule is N#Cc1ccc(N=Nc2ccc(OCCCC(=O)Nc3cc(NC(=O)CCCOc4ccc(N=Nc5ccc(C#N)cc5)cc4)cc(NC(=O)CCCOc4ccc(N=Nc5ccc(C#N)cc5)cc4)c3)cc2)cc1. The second-order valence-electron chi connectivity index (χ2n) is 16.4. The van der Waals surface area contributed by atoms with Crippen LogP contribution in [0.1, 0.15) is 55.2 Å². The molecule has 18 nitrogen and oxygen atoms in total. The first-order valence-electron chi connectivity index (χ1n) is 23.7. The molecular formula is C57H48N12O6. The second-order valence-corrected chi connectivity index (χ2v) is 16.4. The quantitative estimate of drug-likeness (QED) is 0.0383. The number of amides is 3. The van der Waals surface area contributed by atoms with Gasteiger partial charge >= 0.3 is 0 Å². The lowest BCUT2D eigenvalue weighted by Crippen LogP contribution is -2.17. The zero-order chi connectivity index (χ0) is 52.5. The molecular weight excluding hydrogens is 949 g/mol. The fourth-order valence-corrected chi connectivity index (χ4v) is 6.76. The number of azo groups is 3. The molecule has 0 aliphatic rings. The van der Waals surface area contributed by atoms with Crippen LogP contribution in [0.5, 0.6) is 17.2 Å². The standard InChI is InChI=1S/C57H48N12O6/c58-37-40-7-13-43(14-8-40)64-67-46-19-25-52(26-20-46)73-31-1-4-55(70)61-49-34-50(62-56(71)5-2-32-74-53-27-21-47(22-28-53)68-65-44-15-9-41(38-59)10-16-44)36-51(35-49)63-57(72)6-3-33-75-54-29-23-48(24-30-54)69-66-45-17-11-42(39-60)12-18-45/h7-30,34-36H,1-6,31-33H2,(H,61,70)(H,62,71)(H,63,72). The van der Waals surface area contributed by atoms with Crippen molar-refractivity contribution in [2.24, 2.45) is 30.7 Å². The van der Waals surface area contributed by atoms with Crippen LogP contribution in [0.15, 0.2) is 194 Å². The first kappa shape index (κ1) is 52.4. The molecule has 0 saturated heterocycles.